The van der Waals surface area contributed by atoms with Gasteiger partial charge in [-0.2, -0.15) is 11.8 Å². The number of hydrogen-bond acceptors (Lipinski definition) is 6. The molecular formula is C19H20ClNO5S2. The molecule has 1 N–H and O–H groups in total. The zero-order valence-electron chi connectivity index (χ0n) is 15.3. The predicted molar refractivity (Wildman–Crippen MR) is 111 cm³/mol. The van der Waals surface area contributed by atoms with Crippen LogP contribution < -0.4 is 5.32 Å². The number of carbonyl (C=O) groups excluding carboxylic acids is 2. The molecule has 0 bridgehead atoms. The molecule has 0 aliphatic heterocycles. The fourth-order valence-corrected chi connectivity index (χ4v) is 3.84. The van der Waals surface area contributed by atoms with E-state index in [1.807, 2.05) is 6.26 Å². The molecule has 9 heteroatoms. The molecule has 0 aromatic heterocycles. The summed E-state index contributed by atoms with van der Waals surface area (Å²) < 4.78 is 28.2. The van der Waals surface area contributed by atoms with Crippen molar-refractivity contribution < 1.29 is 22.7 Å². The van der Waals surface area contributed by atoms with Gasteiger partial charge in [-0.3, -0.25) is 4.79 Å². The Morgan fingerprint density at radius 3 is 2.43 bits per heavy atom. The lowest BCUT2D eigenvalue weighted by Gasteiger charge is -2.18. The van der Waals surface area contributed by atoms with Gasteiger partial charge in [-0.25, -0.2) is 13.2 Å². The van der Waals surface area contributed by atoms with Crippen molar-refractivity contribution in [2.45, 2.75) is 17.4 Å². The van der Waals surface area contributed by atoms with Gasteiger partial charge in [-0.05, 0) is 47.8 Å². The maximum Gasteiger partial charge on any atom is 0.328 e. The molecule has 0 spiro atoms. The maximum absolute atomic E-state index is 12.9. The molecule has 28 heavy (non-hydrogen) atoms. The molecule has 2 rings (SSSR count). The molecule has 150 valence electrons. The molecule has 0 heterocycles. The molecule has 0 fully saturated rings. The SMILES string of the molecule is COC(=O)[C@H](CCSC)NC(=O)c1ccc(S(=O)(=O)Cl)cc1-c1ccccc1. The molecule has 0 unspecified atom stereocenters. The summed E-state index contributed by atoms with van der Waals surface area (Å²) in [6.07, 6.45) is 2.31. The molecule has 0 aliphatic carbocycles. The summed E-state index contributed by atoms with van der Waals surface area (Å²) in [5.74, 6) is -0.382. The van der Waals surface area contributed by atoms with E-state index >= 15 is 0 Å². The lowest BCUT2D eigenvalue weighted by molar-refractivity contribution is -0.142. The number of esters is 1. The molecule has 0 saturated carbocycles. The van der Waals surface area contributed by atoms with Crippen LogP contribution in [0.4, 0.5) is 0 Å². The van der Waals surface area contributed by atoms with Crippen molar-refractivity contribution in [1.29, 1.82) is 0 Å². The number of hydrogen-bond donors (Lipinski definition) is 1. The van der Waals surface area contributed by atoms with E-state index in [2.05, 4.69) is 5.32 Å². The molecule has 1 amide bonds. The Kier molecular flexibility index (Phi) is 7.91. The van der Waals surface area contributed by atoms with E-state index in [0.29, 0.717) is 23.3 Å². The highest BCUT2D eigenvalue weighted by atomic mass is 35.7. The summed E-state index contributed by atoms with van der Waals surface area (Å²) in [4.78, 5) is 24.8. The number of nitrogens with one attached hydrogen (secondary N) is 1. The highest BCUT2D eigenvalue weighted by molar-refractivity contribution is 8.13. The van der Waals surface area contributed by atoms with Crippen LogP contribution in [0.2, 0.25) is 0 Å². The minimum Gasteiger partial charge on any atom is -0.467 e. The van der Waals surface area contributed by atoms with Crippen molar-refractivity contribution in [3.8, 4) is 11.1 Å². The van der Waals surface area contributed by atoms with Crippen LogP contribution in [0.15, 0.2) is 53.4 Å². The predicted octanol–water partition coefficient (Wildman–Crippen LogP) is 3.31. The number of benzene rings is 2. The summed E-state index contributed by atoms with van der Waals surface area (Å²) in [6.45, 7) is 0. The summed E-state index contributed by atoms with van der Waals surface area (Å²) in [6, 6.07) is 12.1. The van der Waals surface area contributed by atoms with Crippen molar-refractivity contribution in [2.24, 2.45) is 0 Å². The van der Waals surface area contributed by atoms with Crippen LogP contribution in [-0.4, -0.2) is 45.5 Å². The fraction of sp³-hybridized carbons (Fsp3) is 0.263. The van der Waals surface area contributed by atoms with E-state index in [4.69, 9.17) is 15.4 Å². The second-order valence-electron chi connectivity index (χ2n) is 5.84. The Hall–Kier alpha value is -2.03. The van der Waals surface area contributed by atoms with Crippen LogP contribution in [0.3, 0.4) is 0 Å². The standard InChI is InChI=1S/C19H20ClNO5S2/c1-26-19(23)17(10-11-27-2)21-18(22)15-9-8-14(28(20,24)25)12-16(15)13-6-4-3-5-7-13/h3-9,12,17H,10-11H2,1-2H3,(H,21,22)/t17-/m0/s1. The Balaban J connectivity index is 2.45. The molecular weight excluding hydrogens is 422 g/mol. The Bertz CT molecular complexity index is 948. The van der Waals surface area contributed by atoms with Gasteiger partial charge in [0.15, 0.2) is 0 Å². The van der Waals surface area contributed by atoms with Crippen molar-refractivity contribution in [2.75, 3.05) is 19.1 Å². The first-order valence-corrected chi connectivity index (χ1v) is 12.0. The summed E-state index contributed by atoms with van der Waals surface area (Å²) in [5, 5.41) is 2.68. The smallest absolute Gasteiger partial charge is 0.328 e. The monoisotopic (exact) mass is 441 g/mol. The Morgan fingerprint density at radius 1 is 1.18 bits per heavy atom. The van der Waals surface area contributed by atoms with Gasteiger partial charge in [0.2, 0.25) is 0 Å². The van der Waals surface area contributed by atoms with E-state index in [1.54, 1.807) is 42.1 Å². The third kappa shape index (κ3) is 5.73. The summed E-state index contributed by atoms with van der Waals surface area (Å²) in [7, 11) is 2.76. The zero-order chi connectivity index (χ0) is 20.7. The maximum atomic E-state index is 12.9. The van der Waals surface area contributed by atoms with Crippen molar-refractivity contribution in [1.82, 2.24) is 5.32 Å². The Morgan fingerprint density at radius 2 is 1.86 bits per heavy atom. The van der Waals surface area contributed by atoms with Crippen molar-refractivity contribution in [3.63, 3.8) is 0 Å². The third-order valence-corrected chi connectivity index (χ3v) is 6.00. The van der Waals surface area contributed by atoms with E-state index in [9.17, 15) is 18.0 Å². The van der Waals surface area contributed by atoms with Gasteiger partial charge in [0.25, 0.3) is 15.0 Å². The van der Waals surface area contributed by atoms with Crippen molar-refractivity contribution >= 4 is 43.4 Å². The van der Waals surface area contributed by atoms with Gasteiger partial charge in [0.1, 0.15) is 6.04 Å². The average molecular weight is 442 g/mol. The molecule has 2 aromatic rings. The minimum absolute atomic E-state index is 0.114. The van der Waals surface area contributed by atoms with Crippen LogP contribution in [-0.2, 0) is 18.6 Å². The minimum atomic E-state index is -3.96. The van der Waals surface area contributed by atoms with Gasteiger partial charge in [-0.1, -0.05) is 30.3 Å². The number of thioether (sulfide) groups is 1. The molecule has 0 radical (unpaired) electrons. The van der Waals surface area contributed by atoms with Gasteiger partial charge >= 0.3 is 5.97 Å². The summed E-state index contributed by atoms with van der Waals surface area (Å²) in [5.41, 5.74) is 1.27. The molecule has 2 aromatic carbocycles. The van der Waals surface area contributed by atoms with Crippen LogP contribution >= 0.6 is 22.4 Å². The van der Waals surface area contributed by atoms with Crippen LogP contribution in [0.25, 0.3) is 11.1 Å². The quantitative estimate of drug-likeness (QED) is 0.499. The van der Waals surface area contributed by atoms with Gasteiger partial charge in [0, 0.05) is 16.2 Å². The average Bonchev–Trinajstić information content (AvgIpc) is 2.69. The second-order valence-corrected chi connectivity index (χ2v) is 9.39. The molecule has 0 aliphatic rings. The van der Waals surface area contributed by atoms with Gasteiger partial charge < -0.3 is 10.1 Å². The highest BCUT2D eigenvalue weighted by Crippen LogP contribution is 2.28. The number of amides is 1. The van der Waals surface area contributed by atoms with Gasteiger partial charge in [0.05, 0.1) is 12.0 Å². The summed E-state index contributed by atoms with van der Waals surface area (Å²) >= 11 is 1.55. The normalized spacial score (nSPS) is 12.2. The third-order valence-electron chi connectivity index (χ3n) is 4.00. The lowest BCUT2D eigenvalue weighted by atomic mass is 9.99. The van der Waals surface area contributed by atoms with E-state index in [1.165, 1.54) is 25.3 Å². The van der Waals surface area contributed by atoms with Crippen molar-refractivity contribution in [3.05, 3.63) is 54.1 Å². The van der Waals surface area contributed by atoms with Crippen LogP contribution in [0.5, 0.6) is 0 Å². The molecule has 6 nitrogen and oxygen atoms in total. The number of carbonyl (C=O) groups is 2. The Labute approximate surface area is 173 Å². The van der Waals surface area contributed by atoms with Gasteiger partial charge in [-0.15, -0.1) is 0 Å². The number of ether oxygens (including phenoxy) is 1. The first-order valence-electron chi connectivity index (χ1n) is 8.29. The highest BCUT2D eigenvalue weighted by Gasteiger charge is 2.24. The first kappa shape index (κ1) is 22.3. The number of halogens is 1. The van der Waals surface area contributed by atoms with E-state index < -0.39 is 27.0 Å². The second kappa shape index (κ2) is 9.95. The number of rotatable bonds is 8. The largest absolute Gasteiger partial charge is 0.467 e. The van der Waals surface area contributed by atoms with E-state index in [-0.39, 0.29) is 10.5 Å². The molecule has 1 atom stereocenters. The first-order chi connectivity index (χ1) is 13.3. The fourth-order valence-electron chi connectivity index (χ4n) is 2.59. The number of methoxy groups -OCH3 is 1. The van der Waals surface area contributed by atoms with Crippen LogP contribution in [0.1, 0.15) is 16.8 Å². The zero-order valence-corrected chi connectivity index (χ0v) is 17.7. The topological polar surface area (TPSA) is 89.5 Å². The lowest BCUT2D eigenvalue weighted by Crippen LogP contribution is -2.42. The molecule has 0 saturated heterocycles. The van der Waals surface area contributed by atoms with E-state index in [0.717, 1.165) is 0 Å². The van der Waals surface area contributed by atoms with Crippen LogP contribution in [0, 0.1) is 0 Å².